The van der Waals surface area contributed by atoms with Crippen molar-refractivity contribution in [3.8, 4) is 0 Å². The van der Waals surface area contributed by atoms with Gasteiger partial charge in [0, 0.05) is 5.92 Å². The molecule has 0 amide bonds. The summed E-state index contributed by atoms with van der Waals surface area (Å²) in [6, 6.07) is 10.3. The molecule has 0 radical (unpaired) electrons. The van der Waals surface area contributed by atoms with Gasteiger partial charge in [0.1, 0.15) is 6.61 Å². The molecule has 0 aliphatic heterocycles. The molecule has 18 heavy (non-hydrogen) atoms. The number of allylic oxidation sites excluding steroid dienone is 2. The highest BCUT2D eigenvalue weighted by Gasteiger charge is 2.15. The maximum Gasteiger partial charge on any atom is 0.113 e. The van der Waals surface area contributed by atoms with E-state index in [1.165, 1.54) is 36.8 Å². The molecule has 0 aromatic heterocycles. The number of hydrogen-bond donors (Lipinski definition) is 0. The van der Waals surface area contributed by atoms with Gasteiger partial charge in [-0.3, -0.25) is 0 Å². The van der Waals surface area contributed by atoms with Gasteiger partial charge in [-0.25, -0.2) is 0 Å². The highest BCUT2D eigenvalue weighted by molar-refractivity contribution is 5.17. The smallest absolute Gasteiger partial charge is 0.113 e. The Morgan fingerprint density at radius 2 is 2.06 bits per heavy atom. The van der Waals surface area contributed by atoms with Crippen molar-refractivity contribution >= 4 is 0 Å². The molecule has 0 bridgehead atoms. The van der Waals surface area contributed by atoms with Gasteiger partial charge in [0.25, 0.3) is 0 Å². The summed E-state index contributed by atoms with van der Waals surface area (Å²) in [5, 5.41) is 0. The molecule has 1 nitrogen and oxygen atoms in total. The summed E-state index contributed by atoms with van der Waals surface area (Å²) in [7, 11) is 0. The third-order valence-corrected chi connectivity index (χ3v) is 3.63. The van der Waals surface area contributed by atoms with Crippen LogP contribution in [0.4, 0.5) is 0 Å². The first-order valence-electron chi connectivity index (χ1n) is 6.82. The van der Waals surface area contributed by atoms with E-state index in [0.29, 0.717) is 12.5 Å². The van der Waals surface area contributed by atoms with E-state index in [4.69, 9.17) is 4.74 Å². The first-order valence-corrected chi connectivity index (χ1v) is 6.82. The normalized spacial score (nSPS) is 16.8. The summed E-state index contributed by atoms with van der Waals surface area (Å²) in [6.45, 7) is 6.90. The molecule has 0 fully saturated rings. The Morgan fingerprint density at radius 1 is 1.28 bits per heavy atom. The van der Waals surface area contributed by atoms with E-state index in [1.807, 2.05) is 18.2 Å². The third kappa shape index (κ3) is 3.49. The van der Waals surface area contributed by atoms with Crippen LogP contribution in [-0.4, -0.2) is 0 Å². The number of benzene rings is 1. The van der Waals surface area contributed by atoms with Gasteiger partial charge in [0.2, 0.25) is 0 Å². The predicted molar refractivity (Wildman–Crippen MR) is 76.1 cm³/mol. The Morgan fingerprint density at radius 3 is 2.72 bits per heavy atom. The lowest BCUT2D eigenvalue weighted by molar-refractivity contribution is 0.176. The maximum absolute atomic E-state index is 5.81. The van der Waals surface area contributed by atoms with E-state index < -0.39 is 0 Å². The zero-order chi connectivity index (χ0) is 12.8. The topological polar surface area (TPSA) is 9.23 Å². The van der Waals surface area contributed by atoms with Crippen LogP contribution in [0.25, 0.3) is 0 Å². The van der Waals surface area contributed by atoms with Crippen LogP contribution in [0, 0.1) is 5.92 Å². The fourth-order valence-corrected chi connectivity index (χ4v) is 2.34. The zero-order valence-electron chi connectivity index (χ0n) is 11.2. The van der Waals surface area contributed by atoms with Gasteiger partial charge in [-0.15, -0.1) is 0 Å². The van der Waals surface area contributed by atoms with Crippen LogP contribution in [0.1, 0.15) is 38.2 Å². The van der Waals surface area contributed by atoms with Gasteiger partial charge >= 0.3 is 0 Å². The summed E-state index contributed by atoms with van der Waals surface area (Å²) >= 11 is 0. The zero-order valence-corrected chi connectivity index (χ0v) is 11.2. The molecule has 1 aromatic rings. The summed E-state index contributed by atoms with van der Waals surface area (Å²) in [4.78, 5) is 0. The second-order valence-corrected chi connectivity index (χ2v) is 4.99. The molecular weight excluding hydrogens is 220 g/mol. The minimum atomic E-state index is 0.356. The van der Waals surface area contributed by atoms with Crippen molar-refractivity contribution < 1.29 is 4.74 Å². The lowest BCUT2D eigenvalue weighted by Gasteiger charge is -2.22. The number of rotatable bonds is 5. The van der Waals surface area contributed by atoms with Crippen LogP contribution in [-0.2, 0) is 11.3 Å². The van der Waals surface area contributed by atoms with Gasteiger partial charge in [-0.1, -0.05) is 55.5 Å². The van der Waals surface area contributed by atoms with Gasteiger partial charge in [-0.2, -0.15) is 0 Å². The first kappa shape index (κ1) is 12.9. The molecule has 0 heterocycles. The lowest BCUT2D eigenvalue weighted by Crippen LogP contribution is -2.08. The molecule has 1 heteroatoms. The summed E-state index contributed by atoms with van der Waals surface area (Å²) < 4.78 is 5.81. The van der Waals surface area contributed by atoms with Crippen molar-refractivity contribution in [3.63, 3.8) is 0 Å². The molecule has 1 aromatic carbocycles. The molecule has 1 atom stereocenters. The Balaban J connectivity index is 1.86. The van der Waals surface area contributed by atoms with Crippen LogP contribution >= 0.6 is 0 Å². The maximum atomic E-state index is 5.81. The molecule has 1 aliphatic rings. The number of hydrogen-bond acceptors (Lipinski definition) is 1. The molecule has 96 valence electrons. The lowest BCUT2D eigenvalue weighted by atomic mass is 9.89. The molecule has 0 spiro atoms. The van der Waals surface area contributed by atoms with E-state index >= 15 is 0 Å². The molecule has 2 rings (SSSR count). The Bertz CT molecular complexity index is 416. The molecule has 0 saturated carbocycles. The molecule has 0 N–H and O–H groups in total. The van der Waals surface area contributed by atoms with E-state index in [0.717, 1.165) is 5.76 Å². The Labute approximate surface area is 110 Å². The van der Waals surface area contributed by atoms with Crippen LogP contribution in [0.5, 0.6) is 0 Å². The van der Waals surface area contributed by atoms with Crippen LogP contribution in [0.3, 0.4) is 0 Å². The van der Waals surface area contributed by atoms with Crippen molar-refractivity contribution in [1.29, 1.82) is 0 Å². The van der Waals surface area contributed by atoms with Crippen molar-refractivity contribution in [2.75, 3.05) is 0 Å². The van der Waals surface area contributed by atoms with E-state index in [2.05, 4.69) is 31.7 Å². The van der Waals surface area contributed by atoms with E-state index in [-0.39, 0.29) is 0 Å². The van der Waals surface area contributed by atoms with E-state index in [1.54, 1.807) is 0 Å². The van der Waals surface area contributed by atoms with Gasteiger partial charge in [0.05, 0.1) is 5.76 Å². The SMILES string of the molecule is C=C(OCc1ccccc1)C(C)C1=CCCCC1. The molecular formula is C17H22O. The standard InChI is InChI=1S/C17H22O/c1-14(17-11-7-4-8-12-17)15(2)18-13-16-9-5-3-6-10-16/h3,5-6,9-11,14H,2,4,7-8,12-13H2,1H3. The van der Waals surface area contributed by atoms with Crippen LogP contribution in [0.2, 0.25) is 0 Å². The van der Waals surface area contributed by atoms with Crippen molar-refractivity contribution in [2.24, 2.45) is 5.92 Å². The van der Waals surface area contributed by atoms with E-state index in [9.17, 15) is 0 Å². The summed E-state index contributed by atoms with van der Waals surface area (Å²) in [6.07, 6.45) is 7.42. The van der Waals surface area contributed by atoms with Gasteiger partial charge in [-0.05, 0) is 31.2 Å². The molecule has 0 saturated heterocycles. The quantitative estimate of drug-likeness (QED) is 0.529. The fourth-order valence-electron chi connectivity index (χ4n) is 2.34. The average molecular weight is 242 g/mol. The number of ether oxygens (including phenoxy) is 1. The molecule has 1 aliphatic carbocycles. The second-order valence-electron chi connectivity index (χ2n) is 4.99. The van der Waals surface area contributed by atoms with Crippen LogP contribution < -0.4 is 0 Å². The van der Waals surface area contributed by atoms with Gasteiger partial charge < -0.3 is 4.74 Å². The van der Waals surface area contributed by atoms with Crippen molar-refractivity contribution in [3.05, 3.63) is 59.9 Å². The average Bonchev–Trinajstić information content (AvgIpc) is 2.46. The monoisotopic (exact) mass is 242 g/mol. The largest absolute Gasteiger partial charge is 0.493 e. The summed E-state index contributed by atoms with van der Waals surface area (Å²) in [5.41, 5.74) is 2.70. The Hall–Kier alpha value is -1.50. The minimum Gasteiger partial charge on any atom is -0.493 e. The molecule has 1 unspecified atom stereocenters. The second kappa shape index (κ2) is 6.44. The van der Waals surface area contributed by atoms with Crippen LogP contribution in [0.15, 0.2) is 54.3 Å². The third-order valence-electron chi connectivity index (χ3n) is 3.63. The fraction of sp³-hybridized carbons (Fsp3) is 0.412. The minimum absolute atomic E-state index is 0.356. The van der Waals surface area contributed by atoms with Gasteiger partial charge in [0.15, 0.2) is 0 Å². The Kier molecular flexibility index (Phi) is 4.63. The van der Waals surface area contributed by atoms with Crippen molar-refractivity contribution in [1.82, 2.24) is 0 Å². The van der Waals surface area contributed by atoms with Crippen molar-refractivity contribution in [2.45, 2.75) is 39.2 Å². The predicted octanol–water partition coefficient (Wildman–Crippen LogP) is 4.85. The first-order chi connectivity index (χ1) is 8.77. The highest BCUT2D eigenvalue weighted by Crippen LogP contribution is 2.28. The summed E-state index contributed by atoms with van der Waals surface area (Å²) in [5.74, 6) is 1.25. The highest BCUT2D eigenvalue weighted by atomic mass is 16.5.